The highest BCUT2D eigenvalue weighted by atomic mass is 16.5. The number of hydrogen-bond donors (Lipinski definition) is 1. The summed E-state index contributed by atoms with van der Waals surface area (Å²) in [6.07, 6.45) is 2.02. The molecule has 2 unspecified atom stereocenters. The van der Waals surface area contributed by atoms with Crippen LogP contribution in [0.25, 0.3) is 0 Å². The average Bonchev–Trinajstić information content (AvgIpc) is 3.47. The Bertz CT molecular complexity index is 1190. The second kappa shape index (κ2) is 6.86. The lowest BCUT2D eigenvalue weighted by molar-refractivity contribution is 0.0942. The van der Waals surface area contributed by atoms with Crippen LogP contribution in [-0.2, 0) is 18.4 Å². The molecule has 6 rings (SSSR count). The Kier molecular flexibility index (Phi) is 4.08. The van der Waals surface area contributed by atoms with Gasteiger partial charge in [0.25, 0.3) is 0 Å². The molecular weight excluding hydrogens is 388 g/mol. The van der Waals surface area contributed by atoms with Crippen molar-refractivity contribution in [2.45, 2.75) is 24.6 Å². The number of aliphatic imine (C=N–C) groups is 1. The Hall–Kier alpha value is -3.31. The number of aliphatic hydroxyl groups excluding tert-OH is 1. The monoisotopic (exact) mass is 412 g/mol. The Morgan fingerprint density at radius 1 is 1.06 bits per heavy atom. The van der Waals surface area contributed by atoms with E-state index < -0.39 is 11.6 Å². The van der Waals surface area contributed by atoms with Crippen molar-refractivity contribution in [3.8, 4) is 11.5 Å². The normalized spacial score (nSPS) is 23.0. The fourth-order valence-electron chi connectivity index (χ4n) is 5.25. The van der Waals surface area contributed by atoms with Crippen LogP contribution in [0.2, 0.25) is 0 Å². The van der Waals surface area contributed by atoms with Crippen molar-refractivity contribution in [3.63, 3.8) is 0 Å². The van der Waals surface area contributed by atoms with Gasteiger partial charge >= 0.3 is 0 Å². The standard InChI is InChI=1S/C26H24N2O3/c1-27-14-17-6-8-18(9-7-17)15-28-22-5-3-2-4-20(22)26(25(28)29)16-31-24-13-23-19(10-11-30-23)12-21(24)26/h2-9,12-14,25,29H,10-11,15-16H2,1H3. The van der Waals surface area contributed by atoms with Crippen LogP contribution < -0.4 is 14.4 Å². The van der Waals surface area contributed by atoms with E-state index in [0.29, 0.717) is 19.8 Å². The lowest BCUT2D eigenvalue weighted by Crippen LogP contribution is -2.46. The Balaban J connectivity index is 1.43. The Morgan fingerprint density at radius 3 is 2.74 bits per heavy atom. The molecular formula is C26H24N2O3. The molecule has 0 saturated heterocycles. The first-order valence-electron chi connectivity index (χ1n) is 10.7. The highest BCUT2D eigenvalue weighted by Crippen LogP contribution is 2.55. The van der Waals surface area contributed by atoms with E-state index in [0.717, 1.165) is 45.9 Å². The number of aliphatic hydroxyl groups is 1. The minimum Gasteiger partial charge on any atom is -0.493 e. The van der Waals surface area contributed by atoms with E-state index in [-0.39, 0.29) is 0 Å². The summed E-state index contributed by atoms with van der Waals surface area (Å²) in [5.41, 5.74) is 6.05. The van der Waals surface area contributed by atoms with Gasteiger partial charge in [0.2, 0.25) is 0 Å². The maximum absolute atomic E-state index is 11.7. The molecule has 156 valence electrons. The van der Waals surface area contributed by atoms with Gasteiger partial charge in [-0.25, -0.2) is 0 Å². The summed E-state index contributed by atoms with van der Waals surface area (Å²) in [5, 5.41) is 11.7. The molecule has 3 aliphatic heterocycles. The molecule has 2 atom stereocenters. The van der Waals surface area contributed by atoms with Crippen LogP contribution in [0.3, 0.4) is 0 Å². The molecule has 0 fully saturated rings. The van der Waals surface area contributed by atoms with Gasteiger partial charge in [-0.15, -0.1) is 0 Å². The van der Waals surface area contributed by atoms with Gasteiger partial charge in [0.15, 0.2) is 0 Å². The molecule has 0 bridgehead atoms. The highest BCUT2D eigenvalue weighted by molar-refractivity contribution is 5.79. The molecule has 1 spiro atoms. The summed E-state index contributed by atoms with van der Waals surface area (Å²) in [7, 11) is 1.77. The van der Waals surface area contributed by atoms with Crippen molar-refractivity contribution in [1.29, 1.82) is 0 Å². The lowest BCUT2D eigenvalue weighted by atomic mass is 9.76. The summed E-state index contributed by atoms with van der Waals surface area (Å²) < 4.78 is 11.9. The molecule has 0 aliphatic carbocycles. The van der Waals surface area contributed by atoms with E-state index in [1.165, 1.54) is 5.56 Å². The van der Waals surface area contributed by atoms with E-state index in [9.17, 15) is 5.11 Å². The first kappa shape index (κ1) is 18.5. The molecule has 3 aromatic carbocycles. The van der Waals surface area contributed by atoms with E-state index in [4.69, 9.17) is 9.47 Å². The van der Waals surface area contributed by atoms with Gasteiger partial charge in [-0.05, 0) is 34.4 Å². The third-order valence-corrected chi connectivity index (χ3v) is 6.77. The SMILES string of the molecule is CN=Cc1ccc(CN2c3ccccc3C3(COc4cc5c(cc43)CCO5)C2O)cc1. The van der Waals surface area contributed by atoms with Crippen LogP contribution in [-0.4, -0.2) is 37.8 Å². The van der Waals surface area contributed by atoms with Gasteiger partial charge in [0.1, 0.15) is 29.7 Å². The van der Waals surface area contributed by atoms with Crippen molar-refractivity contribution in [2.24, 2.45) is 4.99 Å². The number of fused-ring (bicyclic) bond motifs is 5. The zero-order valence-electron chi connectivity index (χ0n) is 17.4. The molecule has 3 aromatic rings. The fourth-order valence-corrected chi connectivity index (χ4v) is 5.25. The molecule has 5 heteroatoms. The summed E-state index contributed by atoms with van der Waals surface area (Å²) in [6.45, 7) is 1.74. The first-order chi connectivity index (χ1) is 15.2. The van der Waals surface area contributed by atoms with E-state index in [1.54, 1.807) is 7.05 Å². The topological polar surface area (TPSA) is 54.3 Å². The summed E-state index contributed by atoms with van der Waals surface area (Å²) >= 11 is 0. The van der Waals surface area contributed by atoms with Gasteiger partial charge < -0.3 is 19.5 Å². The zero-order valence-corrected chi connectivity index (χ0v) is 17.4. The number of ether oxygens (including phenoxy) is 2. The van der Waals surface area contributed by atoms with Crippen LogP contribution in [0, 0.1) is 0 Å². The maximum atomic E-state index is 11.7. The smallest absolute Gasteiger partial charge is 0.144 e. The maximum Gasteiger partial charge on any atom is 0.144 e. The summed E-state index contributed by atoms with van der Waals surface area (Å²) in [5.74, 6) is 1.73. The first-order valence-corrected chi connectivity index (χ1v) is 10.7. The molecule has 3 heterocycles. The van der Waals surface area contributed by atoms with Crippen LogP contribution in [0.15, 0.2) is 65.7 Å². The molecule has 1 N–H and O–H groups in total. The third-order valence-electron chi connectivity index (χ3n) is 6.77. The van der Waals surface area contributed by atoms with Gasteiger partial charge in [0.05, 0.1) is 6.61 Å². The van der Waals surface area contributed by atoms with Crippen molar-refractivity contribution in [2.75, 3.05) is 25.2 Å². The molecule has 31 heavy (non-hydrogen) atoms. The zero-order chi connectivity index (χ0) is 21.0. The molecule has 3 aliphatic rings. The predicted molar refractivity (Wildman–Crippen MR) is 121 cm³/mol. The fraction of sp³-hybridized carbons (Fsp3) is 0.269. The Morgan fingerprint density at radius 2 is 1.90 bits per heavy atom. The minimum atomic E-state index is -0.719. The van der Waals surface area contributed by atoms with Crippen LogP contribution in [0.1, 0.15) is 27.8 Å². The van der Waals surface area contributed by atoms with E-state index in [2.05, 4.69) is 52.4 Å². The molecule has 0 amide bonds. The number of anilines is 1. The van der Waals surface area contributed by atoms with Crippen LogP contribution in [0.5, 0.6) is 11.5 Å². The van der Waals surface area contributed by atoms with E-state index in [1.807, 2.05) is 24.4 Å². The van der Waals surface area contributed by atoms with Gasteiger partial charge in [0, 0.05) is 43.5 Å². The van der Waals surface area contributed by atoms with Crippen LogP contribution >= 0.6 is 0 Å². The summed E-state index contributed by atoms with van der Waals surface area (Å²) in [6, 6.07) is 20.8. The minimum absolute atomic E-state index is 0.422. The number of nitrogens with zero attached hydrogens (tertiary/aromatic N) is 2. The quantitative estimate of drug-likeness (QED) is 0.667. The summed E-state index contributed by atoms with van der Waals surface area (Å²) in [4.78, 5) is 6.17. The predicted octanol–water partition coefficient (Wildman–Crippen LogP) is 3.69. The van der Waals surface area contributed by atoms with Gasteiger partial charge in [-0.2, -0.15) is 0 Å². The average molecular weight is 412 g/mol. The second-order valence-corrected chi connectivity index (χ2v) is 8.46. The third kappa shape index (κ3) is 2.63. The van der Waals surface area contributed by atoms with Crippen molar-refractivity contribution in [1.82, 2.24) is 0 Å². The molecule has 0 aromatic heterocycles. The number of para-hydroxylation sites is 1. The Labute approximate surface area is 181 Å². The number of benzene rings is 3. The number of rotatable bonds is 3. The number of hydrogen-bond acceptors (Lipinski definition) is 5. The van der Waals surface area contributed by atoms with Gasteiger partial charge in [-0.3, -0.25) is 4.99 Å². The van der Waals surface area contributed by atoms with Crippen molar-refractivity contribution >= 4 is 11.9 Å². The molecule has 5 nitrogen and oxygen atoms in total. The molecule has 0 saturated carbocycles. The van der Waals surface area contributed by atoms with E-state index >= 15 is 0 Å². The second-order valence-electron chi connectivity index (χ2n) is 8.46. The lowest BCUT2D eigenvalue weighted by Gasteiger charge is -2.32. The largest absolute Gasteiger partial charge is 0.493 e. The highest BCUT2D eigenvalue weighted by Gasteiger charge is 2.56. The molecule has 0 radical (unpaired) electrons. The van der Waals surface area contributed by atoms with Crippen molar-refractivity contribution < 1.29 is 14.6 Å². The van der Waals surface area contributed by atoms with Gasteiger partial charge in [-0.1, -0.05) is 42.5 Å². The van der Waals surface area contributed by atoms with Crippen molar-refractivity contribution in [3.05, 3.63) is 88.5 Å². The van der Waals surface area contributed by atoms with Crippen LogP contribution in [0.4, 0.5) is 5.69 Å².